The molecule has 2 atom stereocenters. The van der Waals surface area contributed by atoms with Gasteiger partial charge < -0.3 is 23.7 Å². The van der Waals surface area contributed by atoms with Crippen LogP contribution in [0.15, 0.2) is 18.2 Å². The van der Waals surface area contributed by atoms with Gasteiger partial charge in [-0.25, -0.2) is 0 Å². The Morgan fingerprint density at radius 1 is 0.900 bits per heavy atom. The molecule has 0 aliphatic heterocycles. The van der Waals surface area contributed by atoms with Crippen molar-refractivity contribution in [3.05, 3.63) is 18.2 Å². The summed E-state index contributed by atoms with van der Waals surface area (Å²) in [6.07, 6.45) is -0.713. The Labute approximate surface area is 120 Å². The highest BCUT2D eigenvalue weighted by molar-refractivity contribution is 5.45. The Kier molecular flexibility index (Phi) is 7.18. The minimum atomic E-state index is -0.364. The number of hydrogen-bond donors (Lipinski definition) is 0. The fourth-order valence-corrected chi connectivity index (χ4v) is 1.70. The minimum absolute atomic E-state index is 0.349. The molecule has 5 nitrogen and oxygen atoms in total. The summed E-state index contributed by atoms with van der Waals surface area (Å²) in [7, 11) is 1.61. The zero-order valence-electron chi connectivity index (χ0n) is 12.8. The Morgan fingerprint density at radius 2 is 1.45 bits per heavy atom. The average Bonchev–Trinajstić information content (AvgIpc) is 2.41. The van der Waals surface area contributed by atoms with E-state index in [4.69, 9.17) is 23.7 Å². The Morgan fingerprint density at radius 3 is 1.95 bits per heavy atom. The van der Waals surface area contributed by atoms with Crippen molar-refractivity contribution in [2.24, 2.45) is 0 Å². The second-order valence-corrected chi connectivity index (χ2v) is 4.09. The Bertz CT molecular complexity index is 394. The van der Waals surface area contributed by atoms with Crippen molar-refractivity contribution in [1.82, 2.24) is 0 Å². The maximum absolute atomic E-state index is 5.72. The van der Waals surface area contributed by atoms with E-state index in [0.29, 0.717) is 30.5 Å². The summed E-state index contributed by atoms with van der Waals surface area (Å²) in [5.41, 5.74) is 0. The van der Waals surface area contributed by atoms with E-state index in [1.54, 1.807) is 19.2 Å². The van der Waals surface area contributed by atoms with E-state index >= 15 is 0 Å². The molecule has 20 heavy (non-hydrogen) atoms. The van der Waals surface area contributed by atoms with Gasteiger partial charge in [-0.1, -0.05) is 0 Å². The first-order valence-corrected chi connectivity index (χ1v) is 6.85. The molecule has 5 heteroatoms. The van der Waals surface area contributed by atoms with Crippen molar-refractivity contribution < 1.29 is 23.7 Å². The smallest absolute Gasteiger partial charge is 0.197 e. The number of ether oxygens (including phenoxy) is 5. The molecule has 0 heterocycles. The highest BCUT2D eigenvalue weighted by Gasteiger charge is 2.13. The van der Waals surface area contributed by atoms with E-state index in [1.807, 2.05) is 33.8 Å². The second-order valence-electron chi connectivity index (χ2n) is 4.09. The number of rotatable bonds is 9. The maximum Gasteiger partial charge on any atom is 0.197 e. The van der Waals surface area contributed by atoms with Gasteiger partial charge in [-0.05, 0) is 39.8 Å². The molecular weight excluding hydrogens is 260 g/mol. The van der Waals surface area contributed by atoms with Crippen LogP contribution in [0.3, 0.4) is 0 Å². The highest BCUT2D eigenvalue weighted by atomic mass is 16.7. The molecule has 0 aliphatic rings. The van der Waals surface area contributed by atoms with Gasteiger partial charge in [-0.3, -0.25) is 0 Å². The molecule has 0 saturated heterocycles. The molecule has 114 valence electrons. The van der Waals surface area contributed by atoms with Crippen LogP contribution in [0.5, 0.6) is 17.2 Å². The van der Waals surface area contributed by atoms with E-state index in [2.05, 4.69) is 0 Å². The Balaban J connectivity index is 2.85. The molecule has 1 aromatic carbocycles. The summed E-state index contributed by atoms with van der Waals surface area (Å²) in [5, 5.41) is 0. The lowest BCUT2D eigenvalue weighted by atomic mass is 10.3. The van der Waals surface area contributed by atoms with Gasteiger partial charge in [0.1, 0.15) is 5.75 Å². The monoisotopic (exact) mass is 284 g/mol. The van der Waals surface area contributed by atoms with Crippen molar-refractivity contribution in [3.63, 3.8) is 0 Å². The predicted octanol–water partition coefficient (Wildman–Crippen LogP) is 3.22. The molecule has 0 N–H and O–H groups in total. The van der Waals surface area contributed by atoms with Crippen LogP contribution in [-0.2, 0) is 9.47 Å². The van der Waals surface area contributed by atoms with Crippen molar-refractivity contribution in [2.75, 3.05) is 20.3 Å². The van der Waals surface area contributed by atoms with Crippen LogP contribution in [0.25, 0.3) is 0 Å². The second kappa shape index (κ2) is 8.66. The van der Waals surface area contributed by atoms with Gasteiger partial charge in [0.2, 0.25) is 0 Å². The van der Waals surface area contributed by atoms with Crippen molar-refractivity contribution in [3.8, 4) is 17.2 Å². The quantitative estimate of drug-likeness (QED) is 0.652. The number of hydrogen-bond acceptors (Lipinski definition) is 5. The first kappa shape index (κ1) is 16.6. The number of benzene rings is 1. The third-order valence-corrected chi connectivity index (χ3v) is 2.54. The van der Waals surface area contributed by atoms with Crippen LogP contribution in [0.2, 0.25) is 0 Å². The SMILES string of the molecule is CCOC(C)Oc1ccc(OC)cc1OC(C)OCC. The van der Waals surface area contributed by atoms with Crippen LogP contribution in [0.1, 0.15) is 27.7 Å². The lowest BCUT2D eigenvalue weighted by Gasteiger charge is -2.20. The van der Waals surface area contributed by atoms with Crippen molar-refractivity contribution in [1.29, 1.82) is 0 Å². The summed E-state index contributed by atoms with van der Waals surface area (Å²) >= 11 is 0. The fourth-order valence-electron chi connectivity index (χ4n) is 1.70. The van der Waals surface area contributed by atoms with Crippen LogP contribution in [0, 0.1) is 0 Å². The average molecular weight is 284 g/mol. The molecule has 0 radical (unpaired) electrons. The van der Waals surface area contributed by atoms with Gasteiger partial charge in [0.25, 0.3) is 0 Å². The first-order valence-electron chi connectivity index (χ1n) is 6.85. The van der Waals surface area contributed by atoms with Gasteiger partial charge in [-0.2, -0.15) is 0 Å². The third-order valence-electron chi connectivity index (χ3n) is 2.54. The van der Waals surface area contributed by atoms with E-state index in [0.717, 1.165) is 0 Å². The maximum atomic E-state index is 5.72. The molecule has 0 amide bonds. The standard InChI is InChI=1S/C15H24O5/c1-6-17-11(3)19-14-9-8-13(16-5)10-15(14)20-12(4)18-7-2/h8-12H,6-7H2,1-5H3. The fraction of sp³-hybridized carbons (Fsp3) is 0.600. The third kappa shape index (κ3) is 5.27. The molecule has 1 rings (SSSR count). The molecule has 1 aromatic rings. The van der Waals surface area contributed by atoms with Gasteiger partial charge in [0, 0.05) is 19.3 Å². The molecule has 0 bridgehead atoms. The van der Waals surface area contributed by atoms with Crippen LogP contribution in [0.4, 0.5) is 0 Å². The Hall–Kier alpha value is -1.46. The summed E-state index contributed by atoms with van der Waals surface area (Å²) in [6, 6.07) is 5.37. The van der Waals surface area contributed by atoms with Crippen LogP contribution >= 0.6 is 0 Å². The van der Waals surface area contributed by atoms with E-state index < -0.39 is 0 Å². The number of methoxy groups -OCH3 is 1. The van der Waals surface area contributed by atoms with Crippen molar-refractivity contribution >= 4 is 0 Å². The van der Waals surface area contributed by atoms with E-state index in [-0.39, 0.29) is 12.6 Å². The van der Waals surface area contributed by atoms with Crippen LogP contribution in [-0.4, -0.2) is 32.9 Å². The summed E-state index contributed by atoms with van der Waals surface area (Å²) < 4.78 is 27.4. The summed E-state index contributed by atoms with van der Waals surface area (Å²) in [4.78, 5) is 0. The lowest BCUT2D eigenvalue weighted by molar-refractivity contribution is -0.0767. The van der Waals surface area contributed by atoms with E-state index in [1.165, 1.54) is 0 Å². The lowest BCUT2D eigenvalue weighted by Crippen LogP contribution is -2.19. The largest absolute Gasteiger partial charge is 0.497 e. The van der Waals surface area contributed by atoms with Crippen LogP contribution < -0.4 is 14.2 Å². The predicted molar refractivity (Wildman–Crippen MR) is 76.4 cm³/mol. The highest BCUT2D eigenvalue weighted by Crippen LogP contribution is 2.33. The summed E-state index contributed by atoms with van der Waals surface area (Å²) in [5.74, 6) is 1.86. The molecule has 0 aromatic heterocycles. The van der Waals surface area contributed by atoms with E-state index in [9.17, 15) is 0 Å². The van der Waals surface area contributed by atoms with Gasteiger partial charge in [-0.15, -0.1) is 0 Å². The molecule has 0 spiro atoms. The molecular formula is C15H24O5. The zero-order chi connectivity index (χ0) is 15.0. The van der Waals surface area contributed by atoms with Gasteiger partial charge in [0.15, 0.2) is 24.1 Å². The normalized spacial score (nSPS) is 13.7. The molecule has 0 aliphatic carbocycles. The first-order chi connectivity index (χ1) is 9.60. The molecule has 0 fully saturated rings. The zero-order valence-corrected chi connectivity index (χ0v) is 12.8. The topological polar surface area (TPSA) is 46.2 Å². The van der Waals surface area contributed by atoms with Crippen molar-refractivity contribution in [2.45, 2.75) is 40.3 Å². The van der Waals surface area contributed by atoms with Gasteiger partial charge in [0.05, 0.1) is 7.11 Å². The minimum Gasteiger partial charge on any atom is -0.497 e. The summed E-state index contributed by atoms with van der Waals surface area (Å²) in [6.45, 7) is 8.67. The molecule has 2 unspecified atom stereocenters. The van der Waals surface area contributed by atoms with Gasteiger partial charge >= 0.3 is 0 Å². The molecule has 0 saturated carbocycles.